The molecule has 0 fully saturated rings. The molecule has 0 bridgehead atoms. The predicted octanol–water partition coefficient (Wildman–Crippen LogP) is -4.14. The van der Waals surface area contributed by atoms with Crippen LogP contribution in [0.5, 0.6) is 0 Å². The molecule has 0 aliphatic heterocycles. The number of hydrogen-bond donors (Lipinski definition) is 11. The van der Waals surface area contributed by atoms with Crippen molar-refractivity contribution in [2.24, 2.45) is 38.7 Å². The lowest BCUT2D eigenvalue weighted by Crippen LogP contribution is -2.57. The van der Waals surface area contributed by atoms with Crippen LogP contribution in [0.25, 0.3) is 0 Å². The standard InChI is InChI=1S/C21H38N12O5S/c22-12(9-39)16(34)33-15(7-11-8-27-10-30-11)18(36)31-13(3-1-5-28-20(23)24)17(35)32-14(19(37)38)4-2-6-29-21(25)26/h8,10,12-15,39H,1-7,9,22H2,(H,27,30)(H,31,36)(H,32,35)(H,33,34)(H,37,38)(H4,23,24,28)(H4,25,26,29). The number of guanidine groups is 2. The highest BCUT2D eigenvalue weighted by atomic mass is 32.1. The van der Waals surface area contributed by atoms with Crippen LogP contribution in [0.4, 0.5) is 0 Å². The van der Waals surface area contributed by atoms with E-state index in [-0.39, 0.29) is 62.9 Å². The number of carboxylic acids is 1. The third-order valence-electron chi connectivity index (χ3n) is 5.28. The van der Waals surface area contributed by atoms with Gasteiger partial charge < -0.3 is 54.7 Å². The summed E-state index contributed by atoms with van der Waals surface area (Å²) in [5, 5.41) is 17.1. The number of hydrogen-bond acceptors (Lipinski definition) is 9. The van der Waals surface area contributed by atoms with Crippen molar-refractivity contribution >= 4 is 48.2 Å². The number of nitrogens with one attached hydrogen (secondary N) is 4. The van der Waals surface area contributed by atoms with Gasteiger partial charge in [-0.3, -0.25) is 24.4 Å². The maximum absolute atomic E-state index is 13.2. The van der Waals surface area contributed by atoms with Gasteiger partial charge in [-0.1, -0.05) is 0 Å². The van der Waals surface area contributed by atoms with Crippen molar-refractivity contribution in [1.82, 2.24) is 25.9 Å². The van der Waals surface area contributed by atoms with E-state index in [0.29, 0.717) is 5.69 Å². The van der Waals surface area contributed by atoms with E-state index in [0.717, 1.165) is 0 Å². The van der Waals surface area contributed by atoms with Gasteiger partial charge in [0.2, 0.25) is 17.7 Å². The summed E-state index contributed by atoms with van der Waals surface area (Å²) in [5.41, 5.74) is 27.5. The summed E-state index contributed by atoms with van der Waals surface area (Å²) in [4.78, 5) is 64.9. The summed E-state index contributed by atoms with van der Waals surface area (Å²) in [6, 6.07) is -4.55. The van der Waals surface area contributed by atoms with Crippen molar-refractivity contribution in [3.05, 3.63) is 18.2 Å². The first-order chi connectivity index (χ1) is 18.4. The number of carboxylic acid groups (broad SMARTS) is 1. The van der Waals surface area contributed by atoms with Crippen molar-refractivity contribution in [2.45, 2.75) is 56.3 Å². The molecule has 15 N–H and O–H groups in total. The number of carbonyl (C=O) groups excluding carboxylic acids is 3. The second-order valence-corrected chi connectivity index (χ2v) is 8.85. The van der Waals surface area contributed by atoms with Crippen molar-refractivity contribution < 1.29 is 24.3 Å². The minimum Gasteiger partial charge on any atom is -0.480 e. The van der Waals surface area contributed by atoms with Crippen molar-refractivity contribution in [1.29, 1.82) is 0 Å². The Morgan fingerprint density at radius 3 is 1.90 bits per heavy atom. The molecule has 0 aromatic carbocycles. The first-order valence-corrected chi connectivity index (χ1v) is 12.7. The van der Waals surface area contributed by atoms with Crippen LogP contribution in [-0.4, -0.2) is 93.7 Å². The Bertz CT molecular complexity index is 995. The molecule has 0 saturated carbocycles. The number of nitrogens with two attached hydrogens (primary N) is 5. The minimum atomic E-state index is -1.27. The van der Waals surface area contributed by atoms with Gasteiger partial charge in [-0.05, 0) is 25.7 Å². The monoisotopic (exact) mass is 570 g/mol. The van der Waals surface area contributed by atoms with Crippen LogP contribution in [-0.2, 0) is 25.6 Å². The number of imidazole rings is 1. The van der Waals surface area contributed by atoms with Gasteiger partial charge in [0.1, 0.15) is 18.1 Å². The first-order valence-electron chi connectivity index (χ1n) is 12.0. The smallest absolute Gasteiger partial charge is 0.326 e. The highest BCUT2D eigenvalue weighted by Crippen LogP contribution is 2.06. The van der Waals surface area contributed by atoms with Gasteiger partial charge in [0.15, 0.2) is 11.9 Å². The second kappa shape index (κ2) is 17.4. The van der Waals surface area contributed by atoms with E-state index < -0.39 is 47.9 Å². The largest absolute Gasteiger partial charge is 0.480 e. The van der Waals surface area contributed by atoms with E-state index in [4.69, 9.17) is 28.7 Å². The van der Waals surface area contributed by atoms with Gasteiger partial charge in [0.25, 0.3) is 0 Å². The number of H-pyrrole nitrogens is 1. The lowest BCUT2D eigenvalue weighted by Gasteiger charge is -2.25. The summed E-state index contributed by atoms with van der Waals surface area (Å²) < 4.78 is 0. The number of rotatable bonds is 18. The number of aromatic nitrogens is 2. The SMILES string of the molecule is NC(N)=NCCCC(NC(=O)C(CCCN=C(N)N)NC(=O)C(Cc1cnc[nH]1)NC(=O)C(N)CS)C(=O)O. The van der Waals surface area contributed by atoms with Crippen LogP contribution in [0.3, 0.4) is 0 Å². The molecule has 0 saturated heterocycles. The molecule has 4 atom stereocenters. The Morgan fingerprint density at radius 1 is 0.897 bits per heavy atom. The molecule has 1 rings (SSSR count). The fourth-order valence-electron chi connectivity index (χ4n) is 3.27. The molecular weight excluding hydrogens is 532 g/mol. The molecule has 0 radical (unpaired) electrons. The highest BCUT2D eigenvalue weighted by molar-refractivity contribution is 7.80. The van der Waals surface area contributed by atoms with Gasteiger partial charge in [0, 0.05) is 37.2 Å². The third-order valence-corrected chi connectivity index (χ3v) is 5.68. The van der Waals surface area contributed by atoms with E-state index in [1.54, 1.807) is 0 Å². The topological polar surface area (TPSA) is 308 Å². The van der Waals surface area contributed by atoms with Crippen LogP contribution in [0.1, 0.15) is 31.4 Å². The molecule has 0 aliphatic rings. The molecule has 1 heterocycles. The molecule has 218 valence electrons. The number of carbonyl (C=O) groups is 4. The number of amides is 3. The van der Waals surface area contributed by atoms with Gasteiger partial charge in [-0.2, -0.15) is 12.6 Å². The molecule has 18 heteroatoms. The zero-order valence-electron chi connectivity index (χ0n) is 21.4. The number of nitrogens with zero attached hydrogens (tertiary/aromatic N) is 3. The van der Waals surface area contributed by atoms with Crippen molar-refractivity contribution in [3.63, 3.8) is 0 Å². The number of aromatic amines is 1. The zero-order valence-corrected chi connectivity index (χ0v) is 22.3. The van der Waals surface area contributed by atoms with Crippen LogP contribution >= 0.6 is 12.6 Å². The Balaban J connectivity index is 3.05. The van der Waals surface area contributed by atoms with E-state index in [1.807, 2.05) is 0 Å². The average molecular weight is 571 g/mol. The van der Waals surface area contributed by atoms with Crippen molar-refractivity contribution in [3.8, 4) is 0 Å². The molecule has 1 aromatic rings. The van der Waals surface area contributed by atoms with Crippen LogP contribution in [0, 0.1) is 0 Å². The predicted molar refractivity (Wildman–Crippen MR) is 147 cm³/mol. The van der Waals surface area contributed by atoms with Crippen LogP contribution in [0.2, 0.25) is 0 Å². The van der Waals surface area contributed by atoms with Gasteiger partial charge >= 0.3 is 5.97 Å². The fraction of sp³-hybridized carbons (Fsp3) is 0.571. The number of aliphatic imine (C=N–C) groups is 2. The van der Waals surface area contributed by atoms with E-state index >= 15 is 0 Å². The normalized spacial score (nSPS) is 13.7. The minimum absolute atomic E-state index is 0.0156. The fourth-order valence-corrected chi connectivity index (χ4v) is 3.43. The van der Waals surface area contributed by atoms with Gasteiger partial charge in [-0.15, -0.1) is 0 Å². The summed E-state index contributed by atoms with van der Waals surface area (Å²) in [6.45, 7) is 0.331. The van der Waals surface area contributed by atoms with Crippen molar-refractivity contribution in [2.75, 3.05) is 18.8 Å². The Labute approximate surface area is 230 Å². The summed E-state index contributed by atoms with van der Waals surface area (Å²) in [5.74, 6) is -3.59. The zero-order chi connectivity index (χ0) is 29.4. The molecule has 4 unspecified atom stereocenters. The third kappa shape index (κ3) is 13.3. The van der Waals surface area contributed by atoms with Crippen LogP contribution in [0.15, 0.2) is 22.5 Å². The Hall–Kier alpha value is -4.06. The van der Waals surface area contributed by atoms with Gasteiger partial charge in [-0.25, -0.2) is 9.78 Å². The average Bonchev–Trinajstić information content (AvgIpc) is 3.39. The summed E-state index contributed by atoms with van der Waals surface area (Å²) in [6.07, 6.45) is 3.56. The Kier molecular flexibility index (Phi) is 14.8. The molecule has 0 aliphatic carbocycles. The van der Waals surface area contributed by atoms with E-state index in [2.05, 4.69) is 48.5 Å². The molecule has 1 aromatic heterocycles. The quantitative estimate of drug-likeness (QED) is 0.0348. The first kappa shape index (κ1) is 33.0. The lowest BCUT2D eigenvalue weighted by molar-refractivity contribution is -0.142. The van der Waals surface area contributed by atoms with E-state index in [9.17, 15) is 24.3 Å². The summed E-state index contributed by atoms with van der Waals surface area (Å²) in [7, 11) is 0. The maximum atomic E-state index is 13.2. The molecular formula is C21H38N12O5S. The summed E-state index contributed by atoms with van der Waals surface area (Å²) >= 11 is 4.00. The van der Waals surface area contributed by atoms with Gasteiger partial charge in [0.05, 0.1) is 12.4 Å². The Morgan fingerprint density at radius 2 is 1.41 bits per heavy atom. The molecule has 39 heavy (non-hydrogen) atoms. The number of thiol groups is 1. The number of aliphatic carboxylic acids is 1. The molecule has 17 nitrogen and oxygen atoms in total. The second-order valence-electron chi connectivity index (χ2n) is 8.49. The van der Waals surface area contributed by atoms with E-state index in [1.165, 1.54) is 12.5 Å². The maximum Gasteiger partial charge on any atom is 0.326 e. The highest BCUT2D eigenvalue weighted by Gasteiger charge is 2.30. The molecule has 0 spiro atoms. The lowest BCUT2D eigenvalue weighted by atomic mass is 10.1. The van der Waals surface area contributed by atoms with Crippen LogP contribution < -0.4 is 44.6 Å². The molecule has 3 amide bonds.